The van der Waals surface area contributed by atoms with Gasteiger partial charge in [-0.2, -0.15) is 11.3 Å². The Bertz CT molecular complexity index is 802. The van der Waals surface area contributed by atoms with Crippen molar-refractivity contribution in [3.05, 3.63) is 52.2 Å². The van der Waals surface area contributed by atoms with Crippen LogP contribution in [0.4, 0.5) is 5.69 Å². The average molecular weight is 398 g/mol. The molecule has 2 N–H and O–H groups in total. The average Bonchev–Trinajstić information content (AvgIpc) is 3.27. The lowest BCUT2D eigenvalue weighted by molar-refractivity contribution is 0.0575. The Morgan fingerprint density at radius 3 is 2.57 bits per heavy atom. The van der Waals surface area contributed by atoms with Crippen LogP contribution in [0.2, 0.25) is 0 Å². The summed E-state index contributed by atoms with van der Waals surface area (Å²) >= 11 is 1.49. The van der Waals surface area contributed by atoms with Crippen LogP contribution in [0.15, 0.2) is 41.1 Å². The molecule has 0 spiro atoms. The van der Waals surface area contributed by atoms with Crippen molar-refractivity contribution in [1.82, 2.24) is 10.2 Å². The molecule has 28 heavy (non-hydrogen) atoms. The second kappa shape index (κ2) is 8.88. The van der Waals surface area contributed by atoms with Crippen molar-refractivity contribution in [3.8, 4) is 0 Å². The van der Waals surface area contributed by atoms with E-state index in [1.54, 1.807) is 30.3 Å². The molecule has 2 aliphatic heterocycles. The van der Waals surface area contributed by atoms with Gasteiger partial charge in [-0.3, -0.25) is 9.59 Å². The first kappa shape index (κ1) is 19.2. The highest BCUT2D eigenvalue weighted by molar-refractivity contribution is 7.08. The van der Waals surface area contributed by atoms with Crippen LogP contribution in [0.3, 0.4) is 0 Å². The fraction of sp³-hybridized carbons (Fsp3) is 0.455. The number of thiophene rings is 1. The third kappa shape index (κ3) is 4.45. The summed E-state index contributed by atoms with van der Waals surface area (Å²) in [5.74, 6) is 0.388. The number of anilines is 1. The number of hydrogen-bond donors (Lipinski definition) is 2. The van der Waals surface area contributed by atoms with E-state index in [-0.39, 0.29) is 11.8 Å². The predicted molar refractivity (Wildman–Crippen MR) is 113 cm³/mol. The second-order valence-corrected chi connectivity index (χ2v) is 8.53. The summed E-state index contributed by atoms with van der Waals surface area (Å²) in [6.45, 7) is 3.18. The van der Waals surface area contributed by atoms with E-state index in [1.807, 2.05) is 10.8 Å². The van der Waals surface area contributed by atoms with Crippen molar-refractivity contribution in [2.45, 2.75) is 38.1 Å². The minimum Gasteiger partial charge on any atom is -0.352 e. The number of nitrogens with one attached hydrogen (secondary N) is 2. The molecule has 2 amide bonds. The Hall–Kier alpha value is -2.18. The number of benzene rings is 1. The Morgan fingerprint density at radius 1 is 0.964 bits per heavy atom. The molecule has 148 valence electrons. The van der Waals surface area contributed by atoms with Crippen LogP contribution >= 0.6 is 11.3 Å². The molecule has 0 saturated carbocycles. The summed E-state index contributed by atoms with van der Waals surface area (Å²) in [6, 6.07) is 9.53. The smallest absolute Gasteiger partial charge is 0.256 e. The predicted octanol–water partition coefficient (Wildman–Crippen LogP) is 3.99. The van der Waals surface area contributed by atoms with Gasteiger partial charge >= 0.3 is 0 Å². The number of piperidine rings is 2. The van der Waals surface area contributed by atoms with Crippen molar-refractivity contribution >= 4 is 28.8 Å². The number of fused-ring (bicyclic) bond motifs is 1. The van der Waals surface area contributed by atoms with Gasteiger partial charge in [0.1, 0.15) is 0 Å². The fourth-order valence-corrected chi connectivity index (χ4v) is 5.08. The van der Waals surface area contributed by atoms with Gasteiger partial charge in [-0.15, -0.1) is 0 Å². The molecule has 1 aromatic carbocycles. The van der Waals surface area contributed by atoms with Crippen LogP contribution in [0.5, 0.6) is 0 Å². The molecule has 4 rings (SSSR count). The van der Waals surface area contributed by atoms with Crippen LogP contribution in [-0.2, 0) is 0 Å². The summed E-state index contributed by atoms with van der Waals surface area (Å²) in [4.78, 5) is 27.3. The maximum atomic E-state index is 12.6. The number of nitrogens with zero attached hydrogens (tertiary/aromatic N) is 1. The molecular formula is C22H27N3O2S. The van der Waals surface area contributed by atoms with Gasteiger partial charge < -0.3 is 15.5 Å². The normalized spacial score (nSPS) is 22.3. The summed E-state index contributed by atoms with van der Waals surface area (Å²) in [7, 11) is 0. The number of hydrogen-bond acceptors (Lipinski definition) is 4. The van der Waals surface area contributed by atoms with Gasteiger partial charge in [0.25, 0.3) is 11.8 Å². The Balaban J connectivity index is 1.30. The van der Waals surface area contributed by atoms with Crippen molar-refractivity contribution < 1.29 is 9.59 Å². The van der Waals surface area contributed by atoms with E-state index in [0.717, 1.165) is 6.54 Å². The largest absolute Gasteiger partial charge is 0.352 e. The van der Waals surface area contributed by atoms with E-state index in [9.17, 15) is 9.59 Å². The minimum absolute atomic E-state index is 0.0383. The third-order valence-corrected chi connectivity index (χ3v) is 6.62. The molecule has 2 atom stereocenters. The number of amides is 2. The van der Waals surface area contributed by atoms with Gasteiger partial charge in [0.05, 0.1) is 5.56 Å². The summed E-state index contributed by atoms with van der Waals surface area (Å²) in [5.41, 5.74) is 1.97. The Kier molecular flexibility index (Phi) is 6.07. The second-order valence-electron chi connectivity index (χ2n) is 7.75. The molecule has 2 saturated heterocycles. The van der Waals surface area contributed by atoms with Crippen molar-refractivity contribution in [3.63, 3.8) is 0 Å². The summed E-state index contributed by atoms with van der Waals surface area (Å²) < 4.78 is 0. The fourth-order valence-electron chi connectivity index (χ4n) is 4.44. The lowest BCUT2D eigenvalue weighted by Crippen LogP contribution is -2.51. The van der Waals surface area contributed by atoms with Gasteiger partial charge in [0.15, 0.2) is 0 Å². The molecule has 2 unspecified atom stereocenters. The van der Waals surface area contributed by atoms with E-state index in [2.05, 4.69) is 15.5 Å². The highest BCUT2D eigenvalue weighted by Crippen LogP contribution is 2.30. The minimum atomic E-state index is -0.132. The number of carbonyl (C=O) groups excluding carboxylic acids is 2. The van der Waals surface area contributed by atoms with Crippen LogP contribution in [0.1, 0.15) is 52.8 Å². The maximum absolute atomic E-state index is 12.6. The van der Waals surface area contributed by atoms with Crippen molar-refractivity contribution in [1.29, 1.82) is 0 Å². The monoisotopic (exact) mass is 397 g/mol. The molecule has 0 aliphatic carbocycles. The molecule has 2 aliphatic rings. The van der Waals surface area contributed by atoms with E-state index < -0.39 is 0 Å². The zero-order chi connectivity index (χ0) is 19.3. The van der Waals surface area contributed by atoms with Crippen LogP contribution < -0.4 is 10.6 Å². The lowest BCUT2D eigenvalue weighted by atomic mass is 9.83. The topological polar surface area (TPSA) is 61.4 Å². The third-order valence-electron chi connectivity index (χ3n) is 5.94. The highest BCUT2D eigenvalue weighted by atomic mass is 32.1. The summed E-state index contributed by atoms with van der Waals surface area (Å²) in [5, 5.41) is 9.68. The van der Waals surface area contributed by atoms with Crippen LogP contribution in [0, 0.1) is 5.92 Å². The molecule has 5 nitrogen and oxygen atoms in total. The van der Waals surface area contributed by atoms with Crippen molar-refractivity contribution in [2.75, 3.05) is 25.0 Å². The first-order chi connectivity index (χ1) is 13.7. The van der Waals surface area contributed by atoms with Gasteiger partial charge in [-0.1, -0.05) is 6.42 Å². The van der Waals surface area contributed by atoms with E-state index >= 15 is 0 Å². The zero-order valence-electron chi connectivity index (χ0n) is 16.0. The SMILES string of the molecule is O=C(NCC1CCCN2CCCCC12)c1ccc(NC(=O)c2ccsc2)cc1. The van der Waals surface area contributed by atoms with Crippen molar-refractivity contribution in [2.24, 2.45) is 5.92 Å². The molecule has 2 aromatic rings. The molecule has 6 heteroatoms. The highest BCUT2D eigenvalue weighted by Gasteiger charge is 2.32. The standard InChI is InChI=1S/C22H27N3O2S/c26-21(23-14-17-4-3-12-25-11-2-1-5-20(17)25)16-6-8-19(9-7-16)24-22(27)18-10-13-28-15-18/h6-10,13,15,17,20H,1-5,11-12,14H2,(H,23,26)(H,24,27). The van der Waals surface area contributed by atoms with Gasteiger partial charge in [-0.05, 0) is 80.4 Å². The summed E-state index contributed by atoms with van der Waals surface area (Å²) in [6.07, 6.45) is 6.32. The molecule has 3 heterocycles. The number of rotatable bonds is 5. The Morgan fingerprint density at radius 2 is 1.79 bits per heavy atom. The van der Waals surface area contributed by atoms with Crippen LogP contribution in [0.25, 0.3) is 0 Å². The maximum Gasteiger partial charge on any atom is 0.256 e. The number of carbonyl (C=O) groups is 2. The van der Waals surface area contributed by atoms with Crippen LogP contribution in [-0.4, -0.2) is 42.4 Å². The van der Waals surface area contributed by atoms with Gasteiger partial charge in [0, 0.05) is 29.2 Å². The molecule has 1 aromatic heterocycles. The Labute approximate surface area is 170 Å². The quantitative estimate of drug-likeness (QED) is 0.802. The molecular weight excluding hydrogens is 370 g/mol. The first-order valence-electron chi connectivity index (χ1n) is 10.2. The van der Waals surface area contributed by atoms with Gasteiger partial charge in [0.2, 0.25) is 0 Å². The first-order valence-corrected chi connectivity index (χ1v) is 11.1. The molecule has 0 bridgehead atoms. The van der Waals surface area contributed by atoms with E-state index in [4.69, 9.17) is 0 Å². The molecule has 2 fully saturated rings. The van der Waals surface area contributed by atoms with Gasteiger partial charge in [-0.25, -0.2) is 0 Å². The lowest BCUT2D eigenvalue weighted by Gasteiger charge is -2.44. The van der Waals surface area contributed by atoms with E-state index in [1.165, 1.54) is 56.5 Å². The van der Waals surface area contributed by atoms with E-state index in [0.29, 0.717) is 28.8 Å². The molecule has 0 radical (unpaired) electrons. The zero-order valence-corrected chi connectivity index (χ0v) is 16.8.